The first-order valence-electron chi connectivity index (χ1n) is 11.3. The van der Waals surface area contributed by atoms with Gasteiger partial charge in [0.2, 0.25) is 10.0 Å². The molecule has 1 aromatic heterocycles. The monoisotopic (exact) mass is 567 g/mol. The molecule has 1 aliphatic rings. The van der Waals surface area contributed by atoms with Crippen molar-refractivity contribution in [2.45, 2.75) is 23.1 Å². The summed E-state index contributed by atoms with van der Waals surface area (Å²) in [4.78, 5) is 1.79. The number of halogens is 2. The van der Waals surface area contributed by atoms with E-state index in [1.54, 1.807) is 30.8 Å². The van der Waals surface area contributed by atoms with Gasteiger partial charge in [-0.25, -0.2) is 25.5 Å². The lowest BCUT2D eigenvalue weighted by Gasteiger charge is -2.29. The number of rotatable bonds is 7. The van der Waals surface area contributed by atoms with E-state index in [1.807, 2.05) is 11.0 Å². The number of nitrogens with zero attached hydrogens (tertiary/aromatic N) is 4. The van der Waals surface area contributed by atoms with E-state index in [-0.39, 0.29) is 9.79 Å². The van der Waals surface area contributed by atoms with E-state index in [1.165, 1.54) is 44.4 Å². The summed E-state index contributed by atoms with van der Waals surface area (Å²) < 4.78 is 70.7. The van der Waals surface area contributed by atoms with E-state index >= 15 is 0 Å². The Labute approximate surface area is 221 Å². The maximum Gasteiger partial charge on any atom is 0.262 e. The van der Waals surface area contributed by atoms with Gasteiger partial charge in [-0.1, -0.05) is 17.7 Å². The average Bonchev–Trinajstić information content (AvgIpc) is 3.11. The molecule has 0 spiro atoms. The molecule has 13 heteroatoms. The zero-order valence-electron chi connectivity index (χ0n) is 20.7. The Morgan fingerprint density at radius 2 is 1.70 bits per heavy atom. The van der Waals surface area contributed by atoms with Gasteiger partial charge in [-0.15, -0.1) is 0 Å². The summed E-state index contributed by atoms with van der Waals surface area (Å²) in [5.74, 6) is -0.404. The molecule has 198 valence electrons. The van der Waals surface area contributed by atoms with Crippen molar-refractivity contribution in [3.05, 3.63) is 70.8 Å². The van der Waals surface area contributed by atoms with Crippen LogP contribution in [0.25, 0.3) is 5.57 Å². The van der Waals surface area contributed by atoms with E-state index in [0.717, 1.165) is 9.88 Å². The summed E-state index contributed by atoms with van der Waals surface area (Å²) in [6.07, 6.45) is 2.46. The zero-order chi connectivity index (χ0) is 27.1. The highest BCUT2D eigenvalue weighted by Crippen LogP contribution is 2.34. The van der Waals surface area contributed by atoms with Crippen molar-refractivity contribution in [1.82, 2.24) is 14.1 Å². The van der Waals surface area contributed by atoms with Crippen LogP contribution in [-0.4, -0.2) is 58.1 Å². The van der Waals surface area contributed by atoms with Crippen LogP contribution >= 0.6 is 11.6 Å². The van der Waals surface area contributed by atoms with Crippen molar-refractivity contribution in [3.63, 3.8) is 0 Å². The van der Waals surface area contributed by atoms with Gasteiger partial charge in [0.15, 0.2) is 0 Å². The van der Waals surface area contributed by atoms with Gasteiger partial charge >= 0.3 is 0 Å². The van der Waals surface area contributed by atoms with Gasteiger partial charge in [0.05, 0.1) is 32.6 Å². The molecule has 2 aromatic carbocycles. The Bertz CT molecular complexity index is 1580. The number of hydrogen-bond acceptors (Lipinski definition) is 6. The number of hydrogen-bond donors (Lipinski definition) is 1. The fourth-order valence-electron chi connectivity index (χ4n) is 4.18. The van der Waals surface area contributed by atoms with Gasteiger partial charge in [-0.3, -0.25) is 9.40 Å². The van der Waals surface area contributed by atoms with Gasteiger partial charge < -0.3 is 4.90 Å². The van der Waals surface area contributed by atoms with Gasteiger partial charge in [0.1, 0.15) is 5.82 Å². The second-order valence-electron chi connectivity index (χ2n) is 8.82. The molecular weight excluding hydrogens is 541 g/mol. The predicted octanol–water partition coefficient (Wildman–Crippen LogP) is 3.87. The molecule has 37 heavy (non-hydrogen) atoms. The number of sulfonamides is 2. The average molecular weight is 568 g/mol. The first-order chi connectivity index (χ1) is 17.3. The maximum atomic E-state index is 14.4. The van der Waals surface area contributed by atoms with E-state index < -0.39 is 25.9 Å². The first kappa shape index (κ1) is 27.1. The van der Waals surface area contributed by atoms with Crippen molar-refractivity contribution < 1.29 is 21.2 Å². The minimum absolute atomic E-state index is 0.0104. The smallest absolute Gasteiger partial charge is 0.262 e. The zero-order valence-corrected chi connectivity index (χ0v) is 23.1. The van der Waals surface area contributed by atoms with Crippen LogP contribution in [0.4, 0.5) is 15.8 Å². The molecule has 0 fully saturated rings. The van der Waals surface area contributed by atoms with Crippen molar-refractivity contribution in [3.8, 4) is 0 Å². The molecule has 3 aromatic rings. The fraction of sp³-hybridized carbons (Fsp3) is 0.292. The Morgan fingerprint density at radius 1 is 1.05 bits per heavy atom. The van der Waals surface area contributed by atoms with Crippen LogP contribution in [-0.2, 0) is 27.1 Å². The van der Waals surface area contributed by atoms with E-state index in [4.69, 9.17) is 11.6 Å². The third-order valence-corrected chi connectivity index (χ3v) is 9.56. The summed E-state index contributed by atoms with van der Waals surface area (Å²) in [6.45, 7) is 2.64. The van der Waals surface area contributed by atoms with Crippen LogP contribution in [0.1, 0.15) is 17.8 Å². The number of anilines is 2. The van der Waals surface area contributed by atoms with Gasteiger partial charge in [-0.2, -0.15) is 5.10 Å². The summed E-state index contributed by atoms with van der Waals surface area (Å²) in [5, 5.41) is 4.73. The molecular formula is C24H27ClFN5O4S2. The number of aromatic nitrogens is 2. The Kier molecular flexibility index (Phi) is 7.39. The number of benzene rings is 2. The lowest BCUT2D eigenvalue weighted by atomic mass is 10.0. The maximum absolute atomic E-state index is 14.4. The van der Waals surface area contributed by atoms with Crippen LogP contribution < -0.4 is 9.62 Å². The molecule has 0 amide bonds. The second kappa shape index (κ2) is 10.1. The summed E-state index contributed by atoms with van der Waals surface area (Å²) in [5.41, 5.74) is 2.76. The van der Waals surface area contributed by atoms with Crippen molar-refractivity contribution in [1.29, 1.82) is 0 Å². The van der Waals surface area contributed by atoms with Crippen LogP contribution in [0.2, 0.25) is 5.02 Å². The molecule has 1 aliphatic heterocycles. The van der Waals surface area contributed by atoms with Crippen molar-refractivity contribution >= 4 is 48.6 Å². The van der Waals surface area contributed by atoms with Crippen LogP contribution in [0.15, 0.2) is 58.3 Å². The molecule has 0 saturated heterocycles. The van der Waals surface area contributed by atoms with Crippen LogP contribution in [0.5, 0.6) is 0 Å². The third kappa shape index (κ3) is 5.37. The third-order valence-electron chi connectivity index (χ3n) is 6.13. The fourth-order valence-corrected chi connectivity index (χ4v) is 6.37. The quantitative estimate of drug-likeness (QED) is 0.465. The number of aryl methyl sites for hydroxylation is 2. The summed E-state index contributed by atoms with van der Waals surface area (Å²) in [7, 11) is -3.20. The Hall–Kier alpha value is -2.93. The summed E-state index contributed by atoms with van der Waals surface area (Å²) >= 11 is 5.87. The molecule has 4 rings (SSSR count). The lowest BCUT2D eigenvalue weighted by Crippen LogP contribution is -2.29. The normalized spacial score (nSPS) is 14.7. The molecule has 0 atom stereocenters. The largest absolute Gasteiger partial charge is 0.365 e. The van der Waals surface area contributed by atoms with Gasteiger partial charge in [0, 0.05) is 39.3 Å². The molecule has 1 N–H and O–H groups in total. The van der Waals surface area contributed by atoms with Crippen molar-refractivity contribution in [2.75, 3.05) is 36.8 Å². The lowest BCUT2D eigenvalue weighted by molar-refractivity contribution is 0.520. The highest BCUT2D eigenvalue weighted by molar-refractivity contribution is 7.92. The Balaban J connectivity index is 1.61. The minimum atomic E-state index is -4.04. The Morgan fingerprint density at radius 3 is 2.27 bits per heavy atom. The second-order valence-corrected chi connectivity index (χ2v) is 13.1. The van der Waals surface area contributed by atoms with E-state index in [9.17, 15) is 21.2 Å². The highest BCUT2D eigenvalue weighted by atomic mass is 35.5. The van der Waals surface area contributed by atoms with E-state index in [2.05, 4.69) is 9.82 Å². The van der Waals surface area contributed by atoms with Crippen LogP contribution in [0, 0.1) is 12.7 Å². The first-order valence-corrected chi connectivity index (χ1v) is 14.6. The van der Waals surface area contributed by atoms with Gasteiger partial charge in [0.25, 0.3) is 10.0 Å². The molecule has 2 heterocycles. The topological polar surface area (TPSA) is 105 Å². The van der Waals surface area contributed by atoms with Gasteiger partial charge in [-0.05, 0) is 61.4 Å². The summed E-state index contributed by atoms with van der Waals surface area (Å²) in [6, 6.07) is 9.57. The van der Waals surface area contributed by atoms with Crippen LogP contribution in [0.3, 0.4) is 0 Å². The SMILES string of the molecule is Cc1nn(C)c(C2=CCN(c3ccc(Cl)cc3F)CC2)c1NS(=O)(=O)c1ccc(S(=O)(=O)N(C)C)cc1. The molecule has 9 nitrogen and oxygen atoms in total. The molecule has 0 bridgehead atoms. The highest BCUT2D eigenvalue weighted by Gasteiger charge is 2.26. The van der Waals surface area contributed by atoms with E-state index in [0.29, 0.717) is 47.3 Å². The standard InChI is InChI=1S/C24H27ClFN5O4S2/c1-16-23(28-36(32,33)19-6-8-20(9-7-19)37(34,35)29(2)3)24(30(4)27-16)17-11-13-31(14-12-17)22-10-5-18(25)15-21(22)26/h5-11,15,28H,12-14H2,1-4H3. The predicted molar refractivity (Wildman–Crippen MR) is 142 cm³/mol. The van der Waals surface area contributed by atoms with Crippen molar-refractivity contribution in [2.24, 2.45) is 7.05 Å². The minimum Gasteiger partial charge on any atom is -0.365 e. The molecule has 0 saturated carbocycles. The molecule has 0 unspecified atom stereocenters. The number of nitrogens with one attached hydrogen (secondary N) is 1. The molecule has 0 aliphatic carbocycles. The molecule has 0 radical (unpaired) electrons.